The zero-order valence-corrected chi connectivity index (χ0v) is 25.3. The van der Waals surface area contributed by atoms with E-state index in [-0.39, 0.29) is 23.7 Å². The molecule has 3 fully saturated rings. The Hall–Kier alpha value is -3.95. The van der Waals surface area contributed by atoms with Crippen LogP contribution in [0.4, 0.5) is 16.6 Å². The molecule has 43 heavy (non-hydrogen) atoms. The van der Waals surface area contributed by atoms with Crippen molar-refractivity contribution in [2.24, 2.45) is 28.5 Å². The van der Waals surface area contributed by atoms with Crippen LogP contribution >= 0.6 is 0 Å². The molecular weight excluding hydrogens is 540 g/mol. The van der Waals surface area contributed by atoms with E-state index in [9.17, 15) is 9.90 Å². The quantitative estimate of drug-likeness (QED) is 0.194. The van der Waals surface area contributed by atoms with Crippen molar-refractivity contribution in [1.82, 2.24) is 19.5 Å². The molecule has 2 saturated carbocycles. The van der Waals surface area contributed by atoms with E-state index in [1.54, 1.807) is 6.20 Å². The number of rotatable bonds is 8. The predicted molar refractivity (Wildman–Crippen MR) is 171 cm³/mol. The average molecular weight is 585 g/mol. The van der Waals surface area contributed by atoms with Gasteiger partial charge >= 0.3 is 6.09 Å². The Kier molecular flexibility index (Phi) is 8.36. The number of nitrogens with zero attached hydrogens (tertiary/aromatic N) is 6. The van der Waals surface area contributed by atoms with E-state index < -0.39 is 6.09 Å². The molecular formula is C33H44N8O2. The molecule has 1 aromatic carbocycles. The number of aromatic nitrogens is 4. The third kappa shape index (κ3) is 5.84. The number of nitrogens with one attached hydrogen (secondary N) is 1. The second-order valence-corrected chi connectivity index (χ2v) is 12.8. The second-order valence-electron chi connectivity index (χ2n) is 12.8. The number of nitrogens with two attached hydrogens (primary N) is 1. The van der Waals surface area contributed by atoms with Gasteiger partial charge in [0, 0.05) is 18.3 Å². The maximum Gasteiger partial charge on any atom is 0.433 e. The molecule has 3 heterocycles. The number of imidazole rings is 1. The summed E-state index contributed by atoms with van der Waals surface area (Å²) in [6, 6.07) is 11.4. The van der Waals surface area contributed by atoms with Gasteiger partial charge in [0.25, 0.3) is 0 Å². The molecule has 2 aromatic heterocycles. The van der Waals surface area contributed by atoms with Crippen LogP contribution in [0.3, 0.4) is 0 Å². The molecule has 228 valence electrons. The number of benzene rings is 1. The fourth-order valence-electron chi connectivity index (χ4n) is 7.60. The summed E-state index contributed by atoms with van der Waals surface area (Å²) in [5, 5.41) is 12.9. The summed E-state index contributed by atoms with van der Waals surface area (Å²) < 4.78 is 2.03. The molecule has 10 nitrogen and oxygen atoms in total. The van der Waals surface area contributed by atoms with Crippen molar-refractivity contribution in [2.45, 2.75) is 96.2 Å². The monoisotopic (exact) mass is 584 g/mol. The number of amides is 1. The predicted octanol–water partition coefficient (Wildman–Crippen LogP) is 6.84. The first-order valence-electron chi connectivity index (χ1n) is 15.9. The number of amidine groups is 1. The lowest BCUT2D eigenvalue weighted by Gasteiger charge is -2.48. The first-order valence-corrected chi connectivity index (χ1v) is 15.9. The second kappa shape index (κ2) is 12.3. The lowest BCUT2D eigenvalue weighted by molar-refractivity contribution is 0.204. The fourth-order valence-corrected chi connectivity index (χ4v) is 7.60. The summed E-state index contributed by atoms with van der Waals surface area (Å²) in [4.78, 5) is 32.0. The summed E-state index contributed by atoms with van der Waals surface area (Å²) in [6.07, 6.45) is 12.3. The van der Waals surface area contributed by atoms with E-state index in [0.29, 0.717) is 35.3 Å². The van der Waals surface area contributed by atoms with Crippen molar-refractivity contribution in [3.8, 4) is 0 Å². The standard InChI is InChI=1S/C33H44N8O2/c1-4-40-27-29(35-21(3)22-14-9-15-22)37-31(28(34)36-33(42)43)38-30(27)39-32(40)41-25(23-12-6-5-7-13-23)17-10-18-26(41)24-16-8-11-20(2)19-24/h4-7,12-13,20-22,24-26H,1,8-11,14-19H2,2-3H3,(H2,34,36)(H,42,43)(H,35,37,38). The maximum absolute atomic E-state index is 11.4. The van der Waals surface area contributed by atoms with Crippen LogP contribution in [0.5, 0.6) is 0 Å². The van der Waals surface area contributed by atoms with Crippen molar-refractivity contribution in [3.63, 3.8) is 0 Å². The maximum atomic E-state index is 11.4. The Morgan fingerprint density at radius 1 is 1.09 bits per heavy atom. The molecule has 2 aliphatic carbocycles. The van der Waals surface area contributed by atoms with Gasteiger partial charge in [0.15, 0.2) is 23.1 Å². The Morgan fingerprint density at radius 2 is 1.84 bits per heavy atom. The van der Waals surface area contributed by atoms with E-state index in [0.717, 1.165) is 43.6 Å². The van der Waals surface area contributed by atoms with Gasteiger partial charge in [0.2, 0.25) is 5.95 Å². The number of hydrogen-bond acceptors (Lipinski definition) is 6. The summed E-state index contributed by atoms with van der Waals surface area (Å²) in [5.74, 6) is 2.99. The number of fused-ring (bicyclic) bond motifs is 1. The normalized spacial score (nSPS) is 25.7. The van der Waals surface area contributed by atoms with E-state index in [4.69, 9.17) is 15.7 Å². The Bertz CT molecular complexity index is 1500. The van der Waals surface area contributed by atoms with Crippen LogP contribution in [0.2, 0.25) is 0 Å². The lowest BCUT2D eigenvalue weighted by atomic mass is 9.74. The van der Waals surface area contributed by atoms with Gasteiger partial charge in [-0.15, -0.1) is 0 Å². The van der Waals surface area contributed by atoms with Gasteiger partial charge in [-0.1, -0.05) is 63.1 Å². The first kappa shape index (κ1) is 29.1. The average Bonchev–Trinajstić information content (AvgIpc) is 3.34. The van der Waals surface area contributed by atoms with Gasteiger partial charge in [0.1, 0.15) is 5.52 Å². The van der Waals surface area contributed by atoms with Crippen molar-refractivity contribution in [2.75, 3.05) is 10.2 Å². The van der Waals surface area contributed by atoms with Crippen molar-refractivity contribution >= 4 is 41.1 Å². The largest absolute Gasteiger partial charge is 0.463 e. The topological polar surface area (TPSA) is 135 Å². The molecule has 5 unspecified atom stereocenters. The van der Waals surface area contributed by atoms with E-state index in [1.807, 2.05) is 4.57 Å². The zero-order valence-electron chi connectivity index (χ0n) is 25.3. The van der Waals surface area contributed by atoms with Crippen LogP contribution in [0.15, 0.2) is 41.9 Å². The highest BCUT2D eigenvalue weighted by Gasteiger charge is 2.40. The summed E-state index contributed by atoms with van der Waals surface area (Å²) >= 11 is 0. The molecule has 1 aliphatic heterocycles. The Labute approximate surface area is 253 Å². The highest BCUT2D eigenvalue weighted by atomic mass is 16.4. The summed E-state index contributed by atoms with van der Waals surface area (Å²) in [7, 11) is 0. The molecule has 1 saturated heterocycles. The van der Waals surface area contributed by atoms with Crippen molar-refractivity contribution < 1.29 is 9.90 Å². The number of piperidine rings is 1. The summed E-state index contributed by atoms with van der Waals surface area (Å²) in [5.41, 5.74) is 8.53. The molecule has 5 atom stereocenters. The first-order chi connectivity index (χ1) is 20.8. The van der Waals surface area contributed by atoms with E-state index in [1.165, 1.54) is 37.7 Å². The smallest absolute Gasteiger partial charge is 0.433 e. The van der Waals surface area contributed by atoms with Crippen LogP contribution in [0.25, 0.3) is 17.4 Å². The molecule has 6 rings (SSSR count). The van der Waals surface area contributed by atoms with E-state index >= 15 is 0 Å². The van der Waals surface area contributed by atoms with Crippen LogP contribution in [-0.2, 0) is 0 Å². The van der Waals surface area contributed by atoms with Crippen molar-refractivity contribution in [1.29, 1.82) is 0 Å². The van der Waals surface area contributed by atoms with Crippen molar-refractivity contribution in [3.05, 3.63) is 48.3 Å². The van der Waals surface area contributed by atoms with Gasteiger partial charge in [-0.3, -0.25) is 4.57 Å². The minimum absolute atomic E-state index is 0.0504. The Morgan fingerprint density at radius 3 is 2.51 bits per heavy atom. The molecule has 3 aliphatic rings. The molecule has 0 spiro atoms. The SMILES string of the molecule is C=Cn1c(N2C(c3ccccc3)CCCC2C2CCCC(C)C2)nc2nc(C(N)=NC(=O)O)nc(NC(C)C3CCC3)c21. The third-order valence-corrected chi connectivity index (χ3v) is 9.98. The highest BCUT2D eigenvalue weighted by molar-refractivity contribution is 6.02. The van der Waals surface area contributed by atoms with Crippen LogP contribution in [0.1, 0.15) is 95.5 Å². The number of hydrogen-bond donors (Lipinski definition) is 3. The zero-order chi connectivity index (χ0) is 30.1. The highest BCUT2D eigenvalue weighted by Crippen LogP contribution is 2.45. The van der Waals surface area contributed by atoms with Crippen LogP contribution < -0.4 is 16.0 Å². The number of carboxylic acid groups (broad SMARTS) is 1. The minimum atomic E-state index is -1.39. The molecule has 0 bridgehead atoms. The molecule has 3 aromatic rings. The van der Waals surface area contributed by atoms with Crippen LogP contribution in [0, 0.1) is 17.8 Å². The number of carbonyl (C=O) groups is 1. The Balaban J connectivity index is 1.52. The lowest BCUT2D eigenvalue weighted by Crippen LogP contribution is -2.48. The molecule has 0 radical (unpaired) electrons. The molecule has 1 amide bonds. The number of aliphatic imine (C=N–C) groups is 1. The minimum Gasteiger partial charge on any atom is -0.463 e. The molecule has 10 heteroatoms. The van der Waals surface area contributed by atoms with Crippen LogP contribution in [-0.4, -0.2) is 48.6 Å². The van der Waals surface area contributed by atoms with Gasteiger partial charge in [-0.25, -0.2) is 14.8 Å². The van der Waals surface area contributed by atoms with Gasteiger partial charge in [-0.05, 0) is 75.2 Å². The van der Waals surface area contributed by atoms with Gasteiger partial charge in [0.05, 0.1) is 6.04 Å². The summed E-state index contributed by atoms with van der Waals surface area (Å²) in [6.45, 7) is 8.77. The third-order valence-electron chi connectivity index (χ3n) is 9.98. The van der Waals surface area contributed by atoms with Gasteiger partial charge in [-0.2, -0.15) is 9.98 Å². The molecule has 4 N–H and O–H groups in total. The van der Waals surface area contributed by atoms with Gasteiger partial charge < -0.3 is 21.1 Å². The van der Waals surface area contributed by atoms with E-state index in [2.05, 4.69) is 71.0 Å². The fraction of sp³-hybridized carbons (Fsp3) is 0.545. The number of anilines is 2.